The summed E-state index contributed by atoms with van der Waals surface area (Å²) in [5, 5.41) is 5.05. The summed E-state index contributed by atoms with van der Waals surface area (Å²) in [5.74, 6) is 0.427. The fourth-order valence-corrected chi connectivity index (χ4v) is 6.26. The van der Waals surface area contributed by atoms with E-state index in [1.807, 2.05) is 36.4 Å². The van der Waals surface area contributed by atoms with E-state index in [9.17, 15) is 4.79 Å². The van der Waals surface area contributed by atoms with Crippen molar-refractivity contribution in [1.29, 1.82) is 0 Å². The molecule has 6 heteroatoms. The van der Waals surface area contributed by atoms with Gasteiger partial charge >= 0.3 is 0 Å². The number of thiophene rings is 1. The molecule has 4 aromatic rings. The van der Waals surface area contributed by atoms with E-state index in [2.05, 4.69) is 11.4 Å². The Morgan fingerprint density at radius 3 is 2.69 bits per heavy atom. The van der Waals surface area contributed by atoms with Crippen molar-refractivity contribution in [3.8, 4) is 16.3 Å². The van der Waals surface area contributed by atoms with Gasteiger partial charge in [-0.25, -0.2) is 4.98 Å². The van der Waals surface area contributed by atoms with E-state index in [1.165, 1.54) is 28.0 Å². The third-order valence-electron chi connectivity index (χ3n) is 5.26. The van der Waals surface area contributed by atoms with Gasteiger partial charge in [-0.2, -0.15) is 0 Å². The number of aromatic nitrogens is 1. The van der Waals surface area contributed by atoms with Gasteiger partial charge in [0.2, 0.25) is 0 Å². The number of carbonyl (C=O) groups is 1. The molecule has 0 radical (unpaired) electrons. The molecular formula is C23H20N2O2S2. The maximum absolute atomic E-state index is 13.1. The minimum Gasteiger partial charge on any atom is -0.496 e. The number of nitrogens with zero attached hydrogens (tertiary/aromatic N) is 1. The Bertz CT molecular complexity index is 1180. The Kier molecular flexibility index (Phi) is 4.81. The van der Waals surface area contributed by atoms with Crippen LogP contribution in [0.3, 0.4) is 0 Å². The third-order valence-corrected chi connectivity index (χ3v) is 7.52. The van der Waals surface area contributed by atoms with Crippen LogP contribution in [-0.2, 0) is 12.8 Å². The number of amides is 1. The Morgan fingerprint density at radius 2 is 1.83 bits per heavy atom. The van der Waals surface area contributed by atoms with Crippen LogP contribution in [0.1, 0.15) is 33.6 Å². The van der Waals surface area contributed by atoms with E-state index in [0.717, 1.165) is 33.9 Å². The highest BCUT2D eigenvalue weighted by Crippen LogP contribution is 2.46. The lowest BCUT2D eigenvalue weighted by molar-refractivity contribution is 0.102. The first-order valence-corrected chi connectivity index (χ1v) is 11.3. The second kappa shape index (κ2) is 7.61. The highest BCUT2D eigenvalue weighted by Gasteiger charge is 2.26. The number of carbonyl (C=O) groups excluding carboxylic acids is 1. The van der Waals surface area contributed by atoms with Crippen LogP contribution in [0.5, 0.6) is 5.75 Å². The monoisotopic (exact) mass is 420 g/mol. The number of hydrogen-bond acceptors (Lipinski definition) is 5. The first-order chi connectivity index (χ1) is 14.2. The SMILES string of the molecule is COc1ccccc1C(=O)Nc1sc2c(c1-c1nc3ccccc3s1)CCCC2. The molecule has 146 valence electrons. The number of hydrogen-bond donors (Lipinski definition) is 1. The quantitative estimate of drug-likeness (QED) is 0.430. The number of benzene rings is 2. The van der Waals surface area contributed by atoms with Gasteiger partial charge in [0, 0.05) is 10.4 Å². The summed E-state index contributed by atoms with van der Waals surface area (Å²) in [6.07, 6.45) is 4.50. The molecule has 1 amide bonds. The van der Waals surface area contributed by atoms with E-state index >= 15 is 0 Å². The molecule has 0 saturated carbocycles. The molecule has 0 unspecified atom stereocenters. The van der Waals surface area contributed by atoms with Crippen LogP contribution in [0.2, 0.25) is 0 Å². The highest BCUT2D eigenvalue weighted by molar-refractivity contribution is 7.23. The predicted molar refractivity (Wildman–Crippen MR) is 121 cm³/mol. The molecule has 2 aromatic heterocycles. The number of para-hydroxylation sites is 2. The number of rotatable bonds is 4. The normalized spacial score (nSPS) is 13.3. The summed E-state index contributed by atoms with van der Waals surface area (Å²) < 4.78 is 6.54. The lowest BCUT2D eigenvalue weighted by Crippen LogP contribution is -2.13. The zero-order valence-corrected chi connectivity index (χ0v) is 17.7. The first-order valence-electron chi connectivity index (χ1n) is 9.69. The number of aryl methyl sites for hydroxylation is 1. The number of nitrogens with one attached hydrogen (secondary N) is 1. The highest BCUT2D eigenvalue weighted by atomic mass is 32.1. The molecule has 0 bridgehead atoms. The molecule has 0 saturated heterocycles. The van der Waals surface area contributed by atoms with Gasteiger partial charge in [0.1, 0.15) is 15.8 Å². The number of methoxy groups -OCH3 is 1. The topological polar surface area (TPSA) is 51.2 Å². The smallest absolute Gasteiger partial charge is 0.260 e. The number of anilines is 1. The van der Waals surface area contributed by atoms with Crippen molar-refractivity contribution >= 4 is 43.8 Å². The molecule has 29 heavy (non-hydrogen) atoms. The zero-order chi connectivity index (χ0) is 19.8. The second-order valence-corrected chi connectivity index (χ2v) is 9.19. The van der Waals surface area contributed by atoms with E-state index in [0.29, 0.717) is 11.3 Å². The molecule has 0 spiro atoms. The zero-order valence-electron chi connectivity index (χ0n) is 16.0. The molecule has 5 rings (SSSR count). The predicted octanol–water partition coefficient (Wildman–Crippen LogP) is 6.16. The second-order valence-electron chi connectivity index (χ2n) is 7.06. The molecule has 4 nitrogen and oxygen atoms in total. The molecular weight excluding hydrogens is 400 g/mol. The summed E-state index contributed by atoms with van der Waals surface area (Å²) in [7, 11) is 1.59. The van der Waals surface area contributed by atoms with Crippen molar-refractivity contribution in [2.45, 2.75) is 25.7 Å². The summed E-state index contributed by atoms with van der Waals surface area (Å²) in [4.78, 5) is 19.3. The molecule has 0 fully saturated rings. The summed E-state index contributed by atoms with van der Waals surface area (Å²) in [6.45, 7) is 0. The molecule has 0 aliphatic heterocycles. The van der Waals surface area contributed by atoms with Crippen molar-refractivity contribution in [1.82, 2.24) is 4.98 Å². The summed E-state index contributed by atoms with van der Waals surface area (Å²) in [6, 6.07) is 15.5. The van der Waals surface area contributed by atoms with Crippen molar-refractivity contribution in [3.63, 3.8) is 0 Å². The number of fused-ring (bicyclic) bond motifs is 2. The van der Waals surface area contributed by atoms with Crippen LogP contribution >= 0.6 is 22.7 Å². The summed E-state index contributed by atoms with van der Waals surface area (Å²) in [5.41, 5.74) is 4.01. The van der Waals surface area contributed by atoms with Crippen LogP contribution in [0.15, 0.2) is 48.5 Å². The van der Waals surface area contributed by atoms with Crippen molar-refractivity contribution in [3.05, 3.63) is 64.5 Å². The molecule has 2 aromatic carbocycles. The van der Waals surface area contributed by atoms with Crippen LogP contribution in [0.25, 0.3) is 20.8 Å². The third kappa shape index (κ3) is 3.32. The van der Waals surface area contributed by atoms with Crippen LogP contribution in [0.4, 0.5) is 5.00 Å². The van der Waals surface area contributed by atoms with Gasteiger partial charge in [-0.3, -0.25) is 4.79 Å². The lowest BCUT2D eigenvalue weighted by atomic mass is 9.95. The van der Waals surface area contributed by atoms with Crippen LogP contribution in [0, 0.1) is 0 Å². The van der Waals surface area contributed by atoms with Crippen LogP contribution in [-0.4, -0.2) is 18.0 Å². The van der Waals surface area contributed by atoms with E-state index < -0.39 is 0 Å². The lowest BCUT2D eigenvalue weighted by Gasteiger charge is -2.12. The molecule has 1 aliphatic rings. The molecule has 1 aliphatic carbocycles. The number of ether oxygens (including phenoxy) is 1. The maximum Gasteiger partial charge on any atom is 0.260 e. The van der Waals surface area contributed by atoms with Gasteiger partial charge < -0.3 is 10.1 Å². The number of thiazole rings is 1. The Morgan fingerprint density at radius 1 is 1.03 bits per heavy atom. The fraction of sp³-hybridized carbons (Fsp3) is 0.217. The molecule has 2 heterocycles. The maximum atomic E-state index is 13.1. The fourth-order valence-electron chi connectivity index (χ4n) is 3.86. The van der Waals surface area contributed by atoms with Gasteiger partial charge in [0.15, 0.2) is 0 Å². The minimum atomic E-state index is -0.150. The largest absolute Gasteiger partial charge is 0.496 e. The van der Waals surface area contributed by atoms with Gasteiger partial charge in [-0.15, -0.1) is 22.7 Å². The van der Waals surface area contributed by atoms with E-state index in [4.69, 9.17) is 9.72 Å². The Hall–Kier alpha value is -2.70. The van der Waals surface area contributed by atoms with Crippen LogP contribution < -0.4 is 10.1 Å². The summed E-state index contributed by atoms with van der Waals surface area (Å²) >= 11 is 3.39. The van der Waals surface area contributed by atoms with E-state index in [1.54, 1.807) is 35.8 Å². The standard InChI is InChI=1S/C23H20N2O2S2/c1-27-17-11-5-2-8-14(17)21(26)25-23-20(15-9-3-6-12-18(15)28-23)22-24-16-10-4-7-13-19(16)29-22/h2,4-5,7-8,10-11,13H,3,6,9,12H2,1H3,(H,25,26). The molecule has 0 atom stereocenters. The Labute approximate surface area is 177 Å². The van der Waals surface area contributed by atoms with Gasteiger partial charge in [-0.05, 0) is 55.5 Å². The average Bonchev–Trinajstić information content (AvgIpc) is 3.34. The van der Waals surface area contributed by atoms with E-state index in [-0.39, 0.29) is 5.91 Å². The van der Waals surface area contributed by atoms with Gasteiger partial charge in [0.25, 0.3) is 5.91 Å². The van der Waals surface area contributed by atoms with Gasteiger partial charge in [0.05, 0.1) is 22.9 Å². The molecule has 1 N–H and O–H groups in total. The minimum absolute atomic E-state index is 0.150. The first kappa shape index (κ1) is 18.3. The van der Waals surface area contributed by atoms with Gasteiger partial charge in [-0.1, -0.05) is 24.3 Å². The Balaban J connectivity index is 1.59. The van der Waals surface area contributed by atoms with Crippen molar-refractivity contribution in [2.24, 2.45) is 0 Å². The van der Waals surface area contributed by atoms with Crippen molar-refractivity contribution < 1.29 is 9.53 Å². The van der Waals surface area contributed by atoms with Crippen molar-refractivity contribution in [2.75, 3.05) is 12.4 Å². The average molecular weight is 421 g/mol.